The predicted molar refractivity (Wildman–Crippen MR) is 200 cm³/mol. The van der Waals surface area contributed by atoms with Gasteiger partial charge in [-0.3, -0.25) is 13.9 Å². The molecule has 0 aromatic heterocycles. The van der Waals surface area contributed by atoms with Gasteiger partial charge in [-0.15, -0.1) is 0 Å². The summed E-state index contributed by atoms with van der Waals surface area (Å²) in [5, 5.41) is 13.0. The third-order valence-corrected chi connectivity index (χ3v) is 13.9. The second-order valence-electron chi connectivity index (χ2n) is 13.4. The molecule has 2 rings (SSSR count). The van der Waals surface area contributed by atoms with E-state index in [1.54, 1.807) is 4.90 Å². The minimum Gasteiger partial charge on any atom is -0.446 e. The highest BCUT2D eigenvalue weighted by Crippen LogP contribution is 2.45. The molecule has 6 atom stereocenters. The Morgan fingerprint density at radius 3 is 2.14 bits per heavy atom. The first-order valence-corrected chi connectivity index (χ1v) is 24.7. The molecule has 0 bridgehead atoms. The molecule has 1 saturated heterocycles. The highest BCUT2D eigenvalue weighted by molar-refractivity contribution is 8.76. The number of β-amino-alcohol motifs (C(OH)–C–C–N with tert-alkyl or cyclic N) is 1. The fourth-order valence-electron chi connectivity index (χ4n) is 5.89. The summed E-state index contributed by atoms with van der Waals surface area (Å²) < 4.78 is 51.3. The summed E-state index contributed by atoms with van der Waals surface area (Å²) in [6.07, 6.45) is 13.2. The number of alkyl carbamates (subject to hydrolysis) is 1. The van der Waals surface area contributed by atoms with Crippen molar-refractivity contribution in [3.8, 4) is 0 Å². The van der Waals surface area contributed by atoms with Crippen molar-refractivity contribution in [2.45, 2.75) is 128 Å². The number of unbranched alkanes of at least 4 members (excludes halogenated alkanes) is 7. The molecule has 2 N–H and O–H groups in total. The van der Waals surface area contributed by atoms with Crippen LogP contribution in [0.4, 0.5) is 4.79 Å². The fourth-order valence-corrected chi connectivity index (χ4v) is 9.73. The van der Waals surface area contributed by atoms with Crippen LogP contribution in [0.15, 0.2) is 0 Å². The van der Waals surface area contributed by atoms with Crippen molar-refractivity contribution >= 4 is 48.8 Å². The second-order valence-corrected chi connectivity index (χ2v) is 20.4. The van der Waals surface area contributed by atoms with Gasteiger partial charge in [0.15, 0.2) is 0 Å². The van der Waals surface area contributed by atoms with Crippen LogP contribution in [0, 0.1) is 5.92 Å². The lowest BCUT2D eigenvalue weighted by Crippen LogP contribution is -2.38. The van der Waals surface area contributed by atoms with Crippen LogP contribution in [0.2, 0.25) is 0 Å². The van der Waals surface area contributed by atoms with Gasteiger partial charge in [-0.2, -0.15) is 0 Å². The maximum atomic E-state index is 12.9. The van der Waals surface area contributed by atoms with Gasteiger partial charge < -0.3 is 38.2 Å². The monoisotopic (exact) mass is 774 g/mol. The molecule has 1 aliphatic heterocycles. The number of nitrogens with zero attached hydrogens (tertiary/aromatic N) is 1. The number of carbonyl (C=O) groups is 2. The topological polar surface area (TPSA) is 150 Å². The van der Waals surface area contributed by atoms with Crippen LogP contribution in [0.1, 0.15) is 110 Å². The van der Waals surface area contributed by atoms with Crippen LogP contribution >= 0.6 is 36.8 Å². The zero-order valence-corrected chi connectivity index (χ0v) is 33.8. The molecule has 2 aliphatic rings. The molecule has 1 heterocycles. The third-order valence-electron chi connectivity index (χ3n) is 8.77. The van der Waals surface area contributed by atoms with Crippen molar-refractivity contribution in [1.29, 1.82) is 0 Å². The zero-order valence-electron chi connectivity index (χ0n) is 30.4. The number of aliphatic hydroxyl groups excluding tert-OH is 1. The summed E-state index contributed by atoms with van der Waals surface area (Å²) in [6, 6.07) is -0.333. The molecule has 12 nitrogen and oxygen atoms in total. The molecule has 3 unspecified atom stereocenters. The maximum absolute atomic E-state index is 12.9. The number of aliphatic hydroxyl groups is 1. The van der Waals surface area contributed by atoms with Crippen molar-refractivity contribution in [3.63, 3.8) is 0 Å². The number of hydrogen-bond donors (Lipinski definition) is 2. The van der Waals surface area contributed by atoms with Crippen LogP contribution in [-0.4, -0.2) is 105 Å². The van der Waals surface area contributed by atoms with E-state index < -0.39 is 21.3 Å². The largest absolute Gasteiger partial charge is 0.446 e. The van der Waals surface area contributed by atoms with Crippen LogP contribution in [0.3, 0.4) is 0 Å². The molecular weight excluding hydrogens is 710 g/mol. The first kappa shape index (κ1) is 44.9. The quantitative estimate of drug-likeness (QED) is 0.0470. The Labute approximate surface area is 303 Å². The number of hydrogen-bond acceptors (Lipinski definition) is 12. The normalized spacial score (nSPS) is 23.6. The number of likely N-dealkylation sites (tertiary alicyclic amines) is 1. The summed E-state index contributed by atoms with van der Waals surface area (Å²) in [5.41, 5.74) is 0. The van der Waals surface area contributed by atoms with E-state index in [9.17, 15) is 23.8 Å². The van der Waals surface area contributed by atoms with Crippen molar-refractivity contribution in [2.75, 3.05) is 64.9 Å². The van der Waals surface area contributed by atoms with E-state index in [1.807, 2.05) is 21.6 Å². The van der Waals surface area contributed by atoms with Crippen molar-refractivity contribution in [3.05, 3.63) is 0 Å². The standard InChI is InChI=1S/C33H64N2O10P2S2/c1-28-16-15-17-31(24-28)45-33(38)34-19-10-7-9-18-32(37)35-26-30(36)25-29(35)27-44-47(4,40)43-21-11-5-6-13-22-48-49-23-14-8-12-20-42-46(3,39)41-2/h28-31,36H,5-27H2,1-4H3,(H,34,38)/t28-,29-,30?,31+,46?,47?/m0/s1. The smallest absolute Gasteiger partial charge is 0.407 e. The molecule has 16 heteroatoms. The number of ether oxygens (including phenoxy) is 1. The van der Waals surface area contributed by atoms with Crippen LogP contribution < -0.4 is 5.32 Å². The molecule has 0 aromatic rings. The minimum atomic E-state index is -3.27. The summed E-state index contributed by atoms with van der Waals surface area (Å²) in [7, 11) is -0.958. The molecule has 2 amide bonds. The molecule has 0 radical (unpaired) electrons. The maximum Gasteiger partial charge on any atom is 0.407 e. The molecule has 1 aliphatic carbocycles. The van der Waals surface area contributed by atoms with E-state index in [2.05, 4.69) is 12.2 Å². The van der Waals surface area contributed by atoms with E-state index in [-0.39, 0.29) is 37.3 Å². The second kappa shape index (κ2) is 25.6. The summed E-state index contributed by atoms with van der Waals surface area (Å²) in [4.78, 5) is 26.6. The van der Waals surface area contributed by atoms with Crippen LogP contribution in [-0.2, 0) is 36.8 Å². The Morgan fingerprint density at radius 1 is 0.837 bits per heavy atom. The van der Waals surface area contributed by atoms with E-state index in [4.69, 9.17) is 22.8 Å². The van der Waals surface area contributed by atoms with Gasteiger partial charge in [0.25, 0.3) is 0 Å². The molecule has 49 heavy (non-hydrogen) atoms. The molecular formula is C33H64N2O10P2S2. The van der Waals surface area contributed by atoms with Gasteiger partial charge in [0, 0.05) is 51.5 Å². The fraction of sp³-hybridized carbons (Fsp3) is 0.939. The van der Waals surface area contributed by atoms with Gasteiger partial charge in [-0.1, -0.05) is 60.6 Å². The minimum absolute atomic E-state index is 0.0133. The Kier molecular flexibility index (Phi) is 23.5. The Bertz CT molecular complexity index is 1030. The third kappa shape index (κ3) is 21.7. The van der Waals surface area contributed by atoms with E-state index in [0.717, 1.165) is 88.6 Å². The Balaban J connectivity index is 1.46. The van der Waals surface area contributed by atoms with Gasteiger partial charge in [0.2, 0.25) is 5.91 Å². The summed E-state index contributed by atoms with van der Waals surface area (Å²) in [5.74, 6) is 2.72. The predicted octanol–water partition coefficient (Wildman–Crippen LogP) is 8.27. The lowest BCUT2D eigenvalue weighted by Gasteiger charge is -2.26. The average Bonchev–Trinajstić information content (AvgIpc) is 3.44. The molecule has 0 aromatic carbocycles. The van der Waals surface area contributed by atoms with Gasteiger partial charge in [-0.25, -0.2) is 4.79 Å². The average molecular weight is 775 g/mol. The number of nitrogens with one attached hydrogen (secondary N) is 1. The lowest BCUT2D eigenvalue weighted by molar-refractivity contribution is -0.133. The van der Waals surface area contributed by atoms with Crippen molar-refractivity contribution in [1.82, 2.24) is 10.2 Å². The lowest BCUT2D eigenvalue weighted by atomic mass is 9.89. The molecule has 2 fully saturated rings. The van der Waals surface area contributed by atoms with Crippen LogP contribution in [0.25, 0.3) is 0 Å². The molecule has 288 valence electrons. The summed E-state index contributed by atoms with van der Waals surface area (Å²) >= 11 is 0. The van der Waals surface area contributed by atoms with Crippen molar-refractivity contribution < 1.29 is 46.7 Å². The molecule has 1 saturated carbocycles. The highest BCUT2D eigenvalue weighted by Gasteiger charge is 2.35. The Morgan fingerprint density at radius 2 is 1.47 bits per heavy atom. The SMILES string of the molecule is COP(C)(=O)OCCCCCSSCCCCCCOP(C)(=O)OC[C@@H]1CC(O)CN1C(=O)CCCCCNC(=O)O[C@@H]1CCC[C@H](C)C1. The van der Waals surface area contributed by atoms with E-state index >= 15 is 0 Å². The van der Waals surface area contributed by atoms with Crippen molar-refractivity contribution in [2.24, 2.45) is 5.92 Å². The Hall–Kier alpha value is -0.300. The van der Waals surface area contributed by atoms with E-state index in [1.165, 1.54) is 26.9 Å². The number of amides is 2. The van der Waals surface area contributed by atoms with Gasteiger partial charge in [0.05, 0.1) is 32.0 Å². The van der Waals surface area contributed by atoms with Gasteiger partial charge >= 0.3 is 21.3 Å². The molecule has 0 spiro atoms. The van der Waals surface area contributed by atoms with Gasteiger partial charge in [-0.05, 0) is 70.1 Å². The van der Waals surface area contributed by atoms with E-state index in [0.29, 0.717) is 44.9 Å². The highest BCUT2D eigenvalue weighted by atomic mass is 33.1. The first-order valence-electron chi connectivity index (χ1n) is 18.2. The zero-order chi connectivity index (χ0) is 36.0. The van der Waals surface area contributed by atoms with Gasteiger partial charge in [0.1, 0.15) is 6.10 Å². The number of carbonyl (C=O) groups excluding carboxylic acids is 2. The first-order chi connectivity index (χ1) is 23.4. The summed E-state index contributed by atoms with van der Waals surface area (Å²) in [6.45, 7) is 6.80. The number of rotatable bonds is 27. The van der Waals surface area contributed by atoms with Crippen LogP contribution in [0.5, 0.6) is 0 Å².